The first-order chi connectivity index (χ1) is 13.6. The molecular formula is C23H28N4O. The van der Waals surface area contributed by atoms with Gasteiger partial charge in [-0.25, -0.2) is 4.98 Å². The highest BCUT2D eigenvalue weighted by atomic mass is 16.1. The highest BCUT2D eigenvalue weighted by Crippen LogP contribution is 2.28. The summed E-state index contributed by atoms with van der Waals surface area (Å²) in [4.78, 5) is 20.0. The number of amides is 1. The standard InChI is InChI=1S/C23H28N4O/c1-4-26(5-2)18-10-12-19(16(3)14-18)25-23(28)17-9-11-20-21(15-17)27-13-7-6-8-22(27)24-20/h6-8,10,12-14,17H,4-5,9,11,15H2,1-3H3,(H,25,28). The lowest BCUT2D eigenvalue weighted by molar-refractivity contribution is -0.120. The molecule has 5 heteroatoms. The number of anilines is 2. The van der Waals surface area contributed by atoms with Crippen molar-refractivity contribution in [1.29, 1.82) is 0 Å². The van der Waals surface area contributed by atoms with Crippen LogP contribution in [0, 0.1) is 12.8 Å². The smallest absolute Gasteiger partial charge is 0.227 e. The summed E-state index contributed by atoms with van der Waals surface area (Å²) in [6.07, 6.45) is 4.48. The van der Waals surface area contributed by atoms with Gasteiger partial charge in [-0.1, -0.05) is 6.07 Å². The lowest BCUT2D eigenvalue weighted by atomic mass is 9.89. The lowest BCUT2D eigenvalue weighted by Gasteiger charge is -2.24. The molecule has 1 aliphatic rings. The fourth-order valence-electron chi connectivity index (χ4n) is 4.19. The Bertz CT molecular complexity index is 1000. The topological polar surface area (TPSA) is 49.6 Å². The Hall–Kier alpha value is -2.82. The SMILES string of the molecule is CCN(CC)c1ccc(NC(=O)C2CCc3nc4ccccn4c3C2)c(C)c1. The summed E-state index contributed by atoms with van der Waals surface area (Å²) in [7, 11) is 0. The number of nitrogens with one attached hydrogen (secondary N) is 1. The van der Waals surface area contributed by atoms with E-state index in [1.54, 1.807) is 0 Å². The first kappa shape index (κ1) is 18.5. The van der Waals surface area contributed by atoms with Gasteiger partial charge >= 0.3 is 0 Å². The van der Waals surface area contributed by atoms with Crippen molar-refractivity contribution in [2.24, 2.45) is 5.92 Å². The number of aryl methyl sites for hydroxylation is 2. The number of carbonyl (C=O) groups excluding carboxylic acids is 1. The van der Waals surface area contributed by atoms with Crippen LogP contribution < -0.4 is 10.2 Å². The van der Waals surface area contributed by atoms with Crippen LogP contribution in [0.2, 0.25) is 0 Å². The van der Waals surface area contributed by atoms with Gasteiger partial charge in [0.15, 0.2) is 0 Å². The molecule has 146 valence electrons. The molecule has 5 nitrogen and oxygen atoms in total. The average Bonchev–Trinajstić information content (AvgIpc) is 3.08. The largest absolute Gasteiger partial charge is 0.372 e. The Morgan fingerprint density at radius 3 is 2.82 bits per heavy atom. The van der Waals surface area contributed by atoms with Crippen molar-refractivity contribution >= 4 is 22.9 Å². The summed E-state index contributed by atoms with van der Waals surface area (Å²) in [5.41, 5.74) is 6.49. The minimum absolute atomic E-state index is 0.0190. The van der Waals surface area contributed by atoms with Crippen molar-refractivity contribution in [3.05, 3.63) is 59.5 Å². The van der Waals surface area contributed by atoms with Crippen molar-refractivity contribution in [2.75, 3.05) is 23.3 Å². The molecule has 1 aliphatic carbocycles. The first-order valence-electron chi connectivity index (χ1n) is 10.2. The minimum Gasteiger partial charge on any atom is -0.372 e. The van der Waals surface area contributed by atoms with E-state index in [0.717, 1.165) is 54.9 Å². The van der Waals surface area contributed by atoms with Gasteiger partial charge < -0.3 is 14.6 Å². The highest BCUT2D eigenvalue weighted by Gasteiger charge is 2.28. The van der Waals surface area contributed by atoms with Crippen LogP contribution in [0.3, 0.4) is 0 Å². The molecule has 3 aromatic rings. The number of benzene rings is 1. The summed E-state index contributed by atoms with van der Waals surface area (Å²) in [5, 5.41) is 3.17. The van der Waals surface area contributed by atoms with Crippen LogP contribution in [0.25, 0.3) is 5.65 Å². The molecule has 1 atom stereocenters. The summed E-state index contributed by atoms with van der Waals surface area (Å²) in [5.74, 6) is 0.0877. The van der Waals surface area contributed by atoms with Crippen LogP contribution in [-0.4, -0.2) is 28.4 Å². The molecule has 28 heavy (non-hydrogen) atoms. The van der Waals surface area contributed by atoms with Gasteiger partial charge in [-0.05, 0) is 69.5 Å². The molecule has 1 amide bonds. The van der Waals surface area contributed by atoms with Crippen molar-refractivity contribution in [1.82, 2.24) is 9.38 Å². The summed E-state index contributed by atoms with van der Waals surface area (Å²) < 4.78 is 2.12. The van der Waals surface area contributed by atoms with Crippen molar-refractivity contribution < 1.29 is 4.79 Å². The van der Waals surface area contributed by atoms with Crippen LogP contribution in [0.15, 0.2) is 42.6 Å². The van der Waals surface area contributed by atoms with E-state index >= 15 is 0 Å². The molecule has 0 saturated heterocycles. The molecular weight excluding hydrogens is 348 g/mol. The van der Waals surface area contributed by atoms with Crippen LogP contribution in [-0.2, 0) is 17.6 Å². The summed E-state index contributed by atoms with van der Waals surface area (Å²) in [6, 6.07) is 12.3. The van der Waals surface area contributed by atoms with Crippen molar-refractivity contribution in [3.63, 3.8) is 0 Å². The summed E-state index contributed by atoms with van der Waals surface area (Å²) >= 11 is 0. The molecule has 0 spiro atoms. The zero-order valence-corrected chi connectivity index (χ0v) is 16.9. The zero-order chi connectivity index (χ0) is 19.7. The predicted molar refractivity (Wildman–Crippen MR) is 114 cm³/mol. The van der Waals surface area contributed by atoms with Gasteiger partial charge in [0.25, 0.3) is 0 Å². The normalized spacial score (nSPS) is 16.0. The average molecular weight is 377 g/mol. The second-order valence-corrected chi connectivity index (χ2v) is 7.53. The Kier molecular flexibility index (Phi) is 5.07. The molecule has 1 N–H and O–H groups in total. The van der Waals surface area contributed by atoms with E-state index in [0.29, 0.717) is 0 Å². The van der Waals surface area contributed by atoms with Crippen LogP contribution in [0.4, 0.5) is 11.4 Å². The fourth-order valence-corrected chi connectivity index (χ4v) is 4.19. The molecule has 4 rings (SSSR count). The lowest BCUT2D eigenvalue weighted by Crippen LogP contribution is -2.29. The van der Waals surface area contributed by atoms with E-state index < -0.39 is 0 Å². The fraction of sp³-hybridized carbons (Fsp3) is 0.391. The third-order valence-electron chi connectivity index (χ3n) is 5.85. The number of aromatic nitrogens is 2. The monoisotopic (exact) mass is 376 g/mol. The number of fused-ring (bicyclic) bond motifs is 3. The minimum atomic E-state index is -0.0190. The molecule has 2 heterocycles. The van der Waals surface area contributed by atoms with Gasteiger partial charge in [-0.2, -0.15) is 0 Å². The number of carbonyl (C=O) groups is 1. The second kappa shape index (κ2) is 7.66. The van der Waals surface area contributed by atoms with E-state index in [1.165, 1.54) is 11.4 Å². The maximum atomic E-state index is 13.0. The van der Waals surface area contributed by atoms with Gasteiger partial charge in [0, 0.05) is 48.7 Å². The second-order valence-electron chi connectivity index (χ2n) is 7.53. The highest BCUT2D eigenvalue weighted by molar-refractivity contribution is 5.93. The van der Waals surface area contributed by atoms with Gasteiger partial charge in [0.05, 0.1) is 5.69 Å². The van der Waals surface area contributed by atoms with E-state index in [9.17, 15) is 4.79 Å². The maximum absolute atomic E-state index is 13.0. The number of hydrogen-bond donors (Lipinski definition) is 1. The Labute approximate surface area is 166 Å². The molecule has 0 radical (unpaired) electrons. The molecule has 0 fully saturated rings. The quantitative estimate of drug-likeness (QED) is 0.725. The molecule has 0 aliphatic heterocycles. The zero-order valence-electron chi connectivity index (χ0n) is 16.9. The van der Waals surface area contributed by atoms with E-state index in [1.807, 2.05) is 30.5 Å². The van der Waals surface area contributed by atoms with Crippen molar-refractivity contribution in [3.8, 4) is 0 Å². The van der Waals surface area contributed by atoms with Crippen LogP contribution in [0.1, 0.15) is 37.2 Å². The van der Waals surface area contributed by atoms with Gasteiger partial charge in [-0.15, -0.1) is 0 Å². The van der Waals surface area contributed by atoms with Gasteiger partial charge in [0.1, 0.15) is 5.65 Å². The van der Waals surface area contributed by atoms with Crippen molar-refractivity contribution in [2.45, 2.75) is 40.0 Å². The molecule has 0 saturated carbocycles. The Balaban J connectivity index is 1.50. The Morgan fingerprint density at radius 2 is 2.07 bits per heavy atom. The number of pyridine rings is 1. The third-order valence-corrected chi connectivity index (χ3v) is 5.85. The van der Waals surface area contributed by atoms with Crippen LogP contribution >= 0.6 is 0 Å². The first-order valence-corrected chi connectivity index (χ1v) is 10.2. The van der Waals surface area contributed by atoms with Crippen LogP contribution in [0.5, 0.6) is 0 Å². The number of nitrogens with zero attached hydrogens (tertiary/aromatic N) is 3. The van der Waals surface area contributed by atoms with E-state index in [2.05, 4.69) is 47.5 Å². The van der Waals surface area contributed by atoms with E-state index in [4.69, 9.17) is 4.98 Å². The third kappa shape index (κ3) is 3.37. The maximum Gasteiger partial charge on any atom is 0.227 e. The number of rotatable bonds is 5. The molecule has 1 unspecified atom stereocenters. The molecule has 1 aromatic carbocycles. The predicted octanol–water partition coefficient (Wildman–Crippen LogP) is 4.23. The Morgan fingerprint density at radius 1 is 1.25 bits per heavy atom. The molecule has 0 bridgehead atoms. The number of hydrogen-bond acceptors (Lipinski definition) is 3. The van der Waals surface area contributed by atoms with Gasteiger partial charge in [0.2, 0.25) is 5.91 Å². The van der Waals surface area contributed by atoms with Gasteiger partial charge in [-0.3, -0.25) is 4.79 Å². The summed E-state index contributed by atoms with van der Waals surface area (Å²) in [6.45, 7) is 8.33. The molecule has 2 aromatic heterocycles. The number of imidazole rings is 1. The van der Waals surface area contributed by atoms with E-state index in [-0.39, 0.29) is 11.8 Å².